The summed E-state index contributed by atoms with van der Waals surface area (Å²) < 4.78 is 28.9. The second-order valence-electron chi connectivity index (χ2n) is 7.85. The van der Waals surface area contributed by atoms with Crippen molar-refractivity contribution >= 4 is 11.8 Å². The summed E-state index contributed by atoms with van der Waals surface area (Å²) >= 11 is 0. The van der Waals surface area contributed by atoms with Crippen LogP contribution in [-0.4, -0.2) is 59.9 Å². The van der Waals surface area contributed by atoms with Gasteiger partial charge in [0.15, 0.2) is 0 Å². The lowest BCUT2D eigenvalue weighted by atomic mass is 9.84. The van der Waals surface area contributed by atoms with Gasteiger partial charge in [0, 0.05) is 25.6 Å². The van der Waals surface area contributed by atoms with E-state index >= 15 is 0 Å². The maximum absolute atomic E-state index is 12.9. The van der Waals surface area contributed by atoms with Crippen molar-refractivity contribution in [1.82, 2.24) is 15.1 Å². The minimum Gasteiger partial charge on any atom is -0.435 e. The van der Waals surface area contributed by atoms with Gasteiger partial charge >= 0.3 is 6.61 Å². The molecule has 0 spiro atoms. The number of nitrogens with one attached hydrogen (secondary N) is 1. The Morgan fingerprint density at radius 1 is 1.18 bits per heavy atom. The van der Waals surface area contributed by atoms with Gasteiger partial charge < -0.3 is 19.9 Å². The molecule has 1 aromatic carbocycles. The average Bonchev–Trinajstić information content (AvgIpc) is 3.04. The van der Waals surface area contributed by atoms with Crippen LogP contribution < -0.4 is 10.1 Å². The molecule has 1 N–H and O–H groups in total. The van der Waals surface area contributed by atoms with Crippen molar-refractivity contribution in [2.24, 2.45) is 5.92 Å². The van der Waals surface area contributed by atoms with E-state index in [0.717, 1.165) is 38.0 Å². The van der Waals surface area contributed by atoms with E-state index in [2.05, 4.69) is 15.0 Å². The first-order valence-corrected chi connectivity index (χ1v) is 9.85. The summed E-state index contributed by atoms with van der Waals surface area (Å²) in [6.07, 6.45) is 3.10. The van der Waals surface area contributed by atoms with Gasteiger partial charge in [-0.3, -0.25) is 9.59 Å². The third-order valence-electron chi connectivity index (χ3n) is 6.12. The standard InChI is InChI=1S/C20H25F2N3O3/c21-20(22)28-15-3-1-13(2-4-15)11-25-17(5-6-18(25)26)19(27)23-16-12-24-9-7-14(16)8-10-24/h1-4,14,16-17,20H,5-12H2,(H,23,27). The number of alkyl halides is 2. The van der Waals surface area contributed by atoms with Gasteiger partial charge in [0.1, 0.15) is 11.8 Å². The third-order valence-corrected chi connectivity index (χ3v) is 6.12. The smallest absolute Gasteiger partial charge is 0.387 e. The van der Waals surface area contributed by atoms with Crippen LogP contribution in [0.3, 0.4) is 0 Å². The molecule has 2 atom stereocenters. The molecular formula is C20H25F2N3O3. The molecule has 0 saturated carbocycles. The first-order valence-electron chi connectivity index (χ1n) is 9.85. The van der Waals surface area contributed by atoms with Gasteiger partial charge in [-0.15, -0.1) is 0 Å². The van der Waals surface area contributed by atoms with Crippen LogP contribution in [0.1, 0.15) is 31.2 Å². The quantitative estimate of drug-likeness (QED) is 0.803. The molecule has 0 aromatic heterocycles. The molecule has 8 heteroatoms. The summed E-state index contributed by atoms with van der Waals surface area (Å²) in [6, 6.07) is 5.88. The molecule has 1 aromatic rings. The molecule has 4 fully saturated rings. The molecule has 152 valence electrons. The number of rotatable bonds is 6. The van der Waals surface area contributed by atoms with Gasteiger partial charge in [-0.2, -0.15) is 8.78 Å². The first-order chi connectivity index (χ1) is 13.5. The Labute approximate surface area is 162 Å². The van der Waals surface area contributed by atoms with Gasteiger partial charge in [0.05, 0.1) is 0 Å². The van der Waals surface area contributed by atoms with E-state index in [1.807, 2.05) is 0 Å². The number of benzene rings is 1. The van der Waals surface area contributed by atoms with E-state index in [1.165, 1.54) is 12.1 Å². The lowest BCUT2D eigenvalue weighted by Crippen LogP contribution is -2.59. The van der Waals surface area contributed by atoms with E-state index < -0.39 is 12.7 Å². The van der Waals surface area contributed by atoms with Crippen LogP contribution in [0.2, 0.25) is 0 Å². The fourth-order valence-electron chi connectivity index (χ4n) is 4.58. The van der Waals surface area contributed by atoms with Gasteiger partial charge in [-0.25, -0.2) is 0 Å². The number of hydrogen-bond acceptors (Lipinski definition) is 4. The molecule has 0 radical (unpaired) electrons. The Bertz CT molecular complexity index is 720. The van der Waals surface area contributed by atoms with Crippen LogP contribution in [0.5, 0.6) is 5.75 Å². The zero-order valence-corrected chi connectivity index (χ0v) is 15.7. The minimum absolute atomic E-state index is 0.0537. The van der Waals surface area contributed by atoms with Crippen molar-refractivity contribution in [3.8, 4) is 5.75 Å². The summed E-state index contributed by atoms with van der Waals surface area (Å²) in [4.78, 5) is 29.2. The summed E-state index contributed by atoms with van der Waals surface area (Å²) in [7, 11) is 0. The number of halogens is 2. The third kappa shape index (κ3) is 4.11. The average molecular weight is 393 g/mol. The van der Waals surface area contributed by atoms with Crippen molar-refractivity contribution in [1.29, 1.82) is 0 Å². The van der Waals surface area contributed by atoms with Gasteiger partial charge in [-0.1, -0.05) is 12.1 Å². The van der Waals surface area contributed by atoms with Gasteiger partial charge in [-0.05, 0) is 56.0 Å². The molecule has 4 aliphatic rings. The zero-order valence-electron chi connectivity index (χ0n) is 15.7. The maximum atomic E-state index is 12.9. The minimum atomic E-state index is -2.87. The van der Waals surface area contributed by atoms with Crippen LogP contribution >= 0.6 is 0 Å². The fraction of sp³-hybridized carbons (Fsp3) is 0.600. The summed E-state index contributed by atoms with van der Waals surface area (Å²) in [5.74, 6) is 0.467. The predicted octanol–water partition coefficient (Wildman–Crippen LogP) is 1.99. The predicted molar refractivity (Wildman–Crippen MR) is 97.7 cm³/mol. The number of hydrogen-bond donors (Lipinski definition) is 1. The lowest BCUT2D eigenvalue weighted by molar-refractivity contribution is -0.136. The van der Waals surface area contributed by atoms with E-state index in [9.17, 15) is 18.4 Å². The summed E-state index contributed by atoms with van der Waals surface area (Å²) in [5, 5.41) is 3.18. The van der Waals surface area contributed by atoms with Gasteiger partial charge in [0.2, 0.25) is 11.8 Å². The topological polar surface area (TPSA) is 61.9 Å². The van der Waals surface area contributed by atoms with E-state index in [0.29, 0.717) is 18.8 Å². The van der Waals surface area contributed by atoms with E-state index in [1.54, 1.807) is 17.0 Å². The molecule has 4 aliphatic heterocycles. The highest BCUT2D eigenvalue weighted by Crippen LogP contribution is 2.29. The van der Waals surface area contributed by atoms with Crippen LogP contribution in [0, 0.1) is 5.92 Å². The highest BCUT2D eigenvalue weighted by molar-refractivity contribution is 5.91. The second kappa shape index (κ2) is 8.03. The summed E-state index contributed by atoms with van der Waals surface area (Å²) in [6.45, 7) is 0.520. The molecule has 4 saturated heterocycles. The Morgan fingerprint density at radius 3 is 2.50 bits per heavy atom. The van der Waals surface area contributed by atoms with E-state index in [-0.39, 0.29) is 30.2 Å². The zero-order chi connectivity index (χ0) is 19.7. The highest BCUT2D eigenvalue weighted by atomic mass is 19.3. The van der Waals surface area contributed by atoms with Crippen LogP contribution in [0.15, 0.2) is 24.3 Å². The number of carbonyl (C=O) groups excluding carboxylic acids is 2. The number of ether oxygens (including phenoxy) is 1. The number of carbonyl (C=O) groups is 2. The Morgan fingerprint density at radius 2 is 1.89 bits per heavy atom. The highest BCUT2D eigenvalue weighted by Gasteiger charge is 2.40. The molecular weight excluding hydrogens is 368 g/mol. The van der Waals surface area contributed by atoms with Crippen LogP contribution in [-0.2, 0) is 16.1 Å². The number of nitrogens with zero attached hydrogens (tertiary/aromatic N) is 2. The Hall–Kier alpha value is -2.22. The lowest BCUT2D eigenvalue weighted by Gasteiger charge is -2.45. The SMILES string of the molecule is O=C(NC1CN2CCC1CC2)C1CCC(=O)N1Cc1ccc(OC(F)F)cc1. The summed E-state index contributed by atoms with van der Waals surface area (Å²) in [5.41, 5.74) is 0.775. The maximum Gasteiger partial charge on any atom is 0.387 e. The fourth-order valence-corrected chi connectivity index (χ4v) is 4.58. The van der Waals surface area contributed by atoms with Crippen LogP contribution in [0.4, 0.5) is 8.78 Å². The number of amides is 2. The van der Waals surface area contributed by atoms with Crippen molar-refractivity contribution in [2.45, 2.75) is 50.9 Å². The first kappa shape index (κ1) is 19.1. The van der Waals surface area contributed by atoms with Crippen molar-refractivity contribution < 1.29 is 23.1 Å². The van der Waals surface area contributed by atoms with Crippen molar-refractivity contribution in [2.75, 3.05) is 19.6 Å². The molecule has 2 unspecified atom stereocenters. The Kier molecular flexibility index (Phi) is 5.48. The van der Waals surface area contributed by atoms with Crippen molar-refractivity contribution in [3.63, 3.8) is 0 Å². The van der Waals surface area contributed by atoms with E-state index in [4.69, 9.17) is 0 Å². The normalized spacial score (nSPS) is 29.4. The largest absolute Gasteiger partial charge is 0.435 e. The molecule has 5 rings (SSSR count). The number of fused-ring (bicyclic) bond motifs is 3. The monoisotopic (exact) mass is 393 g/mol. The van der Waals surface area contributed by atoms with Gasteiger partial charge in [0.25, 0.3) is 0 Å². The molecule has 0 aliphatic carbocycles. The second-order valence-corrected chi connectivity index (χ2v) is 7.85. The molecule has 2 amide bonds. The molecule has 2 bridgehead atoms. The van der Waals surface area contributed by atoms with Crippen molar-refractivity contribution in [3.05, 3.63) is 29.8 Å². The molecule has 28 heavy (non-hydrogen) atoms. The van der Waals surface area contributed by atoms with Crippen LogP contribution in [0.25, 0.3) is 0 Å². The Balaban J connectivity index is 1.38. The molecule has 4 heterocycles. The molecule has 6 nitrogen and oxygen atoms in total. The number of piperidine rings is 3. The number of likely N-dealkylation sites (tertiary alicyclic amines) is 1.